The maximum absolute atomic E-state index is 13.2. The first kappa shape index (κ1) is 18.3. The fraction of sp³-hybridized carbons (Fsp3) is 0.381. The van der Waals surface area contributed by atoms with Crippen LogP contribution < -0.4 is 0 Å². The highest BCUT2D eigenvalue weighted by molar-refractivity contribution is 5.96. The number of hydrogen-bond acceptors (Lipinski definition) is 4. The van der Waals surface area contributed by atoms with E-state index in [0.717, 1.165) is 36.2 Å². The molecule has 0 bridgehead atoms. The molecule has 0 aliphatic carbocycles. The predicted octanol–water partition coefficient (Wildman–Crippen LogP) is 3.89. The summed E-state index contributed by atoms with van der Waals surface area (Å²) in [6.45, 7) is 5.24. The van der Waals surface area contributed by atoms with Crippen molar-refractivity contribution in [1.29, 1.82) is 0 Å². The highest BCUT2D eigenvalue weighted by Crippen LogP contribution is 2.35. The molecule has 1 N–H and O–H groups in total. The number of benzene rings is 1. The summed E-state index contributed by atoms with van der Waals surface area (Å²) in [7, 11) is 0. The van der Waals surface area contributed by atoms with E-state index in [2.05, 4.69) is 11.5 Å². The fourth-order valence-electron chi connectivity index (χ4n) is 4.08. The summed E-state index contributed by atoms with van der Waals surface area (Å²) in [6.07, 6.45) is 2.11. The lowest BCUT2D eigenvalue weighted by Crippen LogP contribution is -2.31. The van der Waals surface area contributed by atoms with Crippen molar-refractivity contribution in [3.63, 3.8) is 0 Å². The quantitative estimate of drug-likeness (QED) is 0.724. The second-order valence-corrected chi connectivity index (χ2v) is 6.97. The molecule has 3 heterocycles. The van der Waals surface area contributed by atoms with E-state index < -0.39 is 5.97 Å². The number of carbonyl (C=O) groups is 2. The molecule has 7 heteroatoms. The second-order valence-electron chi connectivity index (χ2n) is 6.97. The van der Waals surface area contributed by atoms with Gasteiger partial charge in [-0.2, -0.15) is 0 Å². The molecule has 7 nitrogen and oxygen atoms in total. The minimum atomic E-state index is -1.08. The van der Waals surface area contributed by atoms with Crippen molar-refractivity contribution in [2.24, 2.45) is 0 Å². The number of hydrogen-bond donors (Lipinski definition) is 1. The third kappa shape index (κ3) is 2.87. The van der Waals surface area contributed by atoms with Crippen LogP contribution in [-0.4, -0.2) is 38.0 Å². The van der Waals surface area contributed by atoms with Crippen molar-refractivity contribution in [3.05, 3.63) is 53.2 Å². The van der Waals surface area contributed by atoms with Crippen LogP contribution in [0, 0.1) is 0 Å². The number of carboxylic acid groups (broad SMARTS) is 1. The third-order valence-electron chi connectivity index (χ3n) is 5.38. The minimum Gasteiger partial charge on any atom is -0.478 e. The molecule has 1 unspecified atom stereocenters. The zero-order chi connectivity index (χ0) is 19.8. The fourth-order valence-corrected chi connectivity index (χ4v) is 4.08. The van der Waals surface area contributed by atoms with E-state index in [1.807, 2.05) is 31.2 Å². The highest BCUT2D eigenvalue weighted by Gasteiger charge is 2.36. The molecule has 1 aliphatic heterocycles. The van der Waals surface area contributed by atoms with Crippen LogP contribution in [0.15, 0.2) is 34.7 Å². The van der Waals surface area contributed by atoms with Crippen molar-refractivity contribution in [3.8, 4) is 0 Å². The van der Waals surface area contributed by atoms with Gasteiger partial charge in [0.2, 0.25) is 0 Å². The Balaban J connectivity index is 1.71. The van der Waals surface area contributed by atoms with Gasteiger partial charge in [0.1, 0.15) is 17.1 Å². The summed E-state index contributed by atoms with van der Waals surface area (Å²) in [6, 6.07) is 9.16. The predicted molar refractivity (Wildman–Crippen MR) is 103 cm³/mol. The van der Waals surface area contributed by atoms with Crippen molar-refractivity contribution >= 4 is 22.9 Å². The number of amides is 1. The first-order chi connectivity index (χ1) is 13.5. The topological polar surface area (TPSA) is 88.6 Å². The molecule has 1 aliphatic rings. The molecule has 0 spiro atoms. The van der Waals surface area contributed by atoms with Crippen LogP contribution in [0.25, 0.3) is 11.0 Å². The largest absolute Gasteiger partial charge is 0.478 e. The van der Waals surface area contributed by atoms with Gasteiger partial charge in [0.15, 0.2) is 5.76 Å². The van der Waals surface area contributed by atoms with Gasteiger partial charge in [-0.25, -0.2) is 9.78 Å². The molecule has 1 atom stereocenters. The van der Waals surface area contributed by atoms with Crippen LogP contribution in [0.3, 0.4) is 0 Å². The molecular formula is C21H23N3O4. The first-order valence-electron chi connectivity index (χ1n) is 9.67. The Labute approximate surface area is 162 Å². The van der Waals surface area contributed by atoms with Gasteiger partial charge in [-0.15, -0.1) is 0 Å². The molecule has 28 heavy (non-hydrogen) atoms. The summed E-state index contributed by atoms with van der Waals surface area (Å²) in [5.41, 5.74) is 2.03. The van der Waals surface area contributed by atoms with E-state index in [9.17, 15) is 14.7 Å². The zero-order valence-electron chi connectivity index (χ0n) is 16.0. The molecule has 3 aromatic rings. The summed E-state index contributed by atoms with van der Waals surface area (Å²) in [5, 5.41) is 9.34. The lowest BCUT2D eigenvalue weighted by molar-refractivity contribution is 0.0683. The molecule has 4 rings (SSSR count). The van der Waals surface area contributed by atoms with Crippen molar-refractivity contribution < 1.29 is 19.1 Å². The Hall–Kier alpha value is -3.09. The second kappa shape index (κ2) is 7.14. The summed E-state index contributed by atoms with van der Waals surface area (Å²) in [4.78, 5) is 31.1. The molecule has 1 saturated heterocycles. The van der Waals surface area contributed by atoms with Gasteiger partial charge in [0.25, 0.3) is 5.91 Å². The number of likely N-dealkylation sites (tertiary alicyclic amines) is 1. The highest BCUT2D eigenvalue weighted by atomic mass is 16.4. The van der Waals surface area contributed by atoms with E-state index in [1.54, 1.807) is 4.90 Å². The molecular weight excluding hydrogens is 358 g/mol. The van der Waals surface area contributed by atoms with E-state index in [0.29, 0.717) is 18.7 Å². The van der Waals surface area contributed by atoms with Gasteiger partial charge in [-0.3, -0.25) is 4.79 Å². The molecule has 0 radical (unpaired) electrons. The molecule has 1 aromatic carbocycles. The average Bonchev–Trinajstić information content (AvgIpc) is 3.42. The van der Waals surface area contributed by atoms with Crippen LogP contribution in [-0.2, 0) is 13.0 Å². The number of carbonyl (C=O) groups excluding carboxylic acids is 1. The summed E-state index contributed by atoms with van der Waals surface area (Å²) < 4.78 is 7.75. The Kier molecular flexibility index (Phi) is 4.66. The lowest BCUT2D eigenvalue weighted by atomic mass is 10.2. The molecule has 1 amide bonds. The number of imidazole rings is 1. The van der Waals surface area contributed by atoms with Crippen LogP contribution in [0.5, 0.6) is 0 Å². The van der Waals surface area contributed by atoms with Gasteiger partial charge in [-0.1, -0.05) is 19.1 Å². The Morgan fingerprint density at radius 1 is 1.29 bits per heavy atom. The number of para-hydroxylation sites is 2. The smallest absolute Gasteiger partial charge is 0.339 e. The van der Waals surface area contributed by atoms with E-state index in [1.165, 1.54) is 6.07 Å². The minimum absolute atomic E-state index is 0.0578. The number of aromatic nitrogens is 2. The Morgan fingerprint density at radius 3 is 2.75 bits per heavy atom. The lowest BCUT2D eigenvalue weighted by Gasteiger charge is -2.24. The molecule has 0 saturated carbocycles. The number of fused-ring (bicyclic) bond motifs is 1. The Bertz CT molecular complexity index is 1050. The monoisotopic (exact) mass is 381 g/mol. The SMILES string of the molecule is CCc1oc(C(=O)N2CCCC2c2nc3ccccc3n2CC)cc1C(=O)O. The van der Waals surface area contributed by atoms with Crippen molar-refractivity contribution in [2.75, 3.05) is 6.54 Å². The van der Waals surface area contributed by atoms with Gasteiger partial charge < -0.3 is 19.0 Å². The van der Waals surface area contributed by atoms with Crippen molar-refractivity contribution in [2.45, 2.75) is 45.7 Å². The molecule has 146 valence electrons. The van der Waals surface area contributed by atoms with E-state index in [4.69, 9.17) is 9.40 Å². The van der Waals surface area contributed by atoms with Gasteiger partial charge in [0.05, 0.1) is 17.1 Å². The van der Waals surface area contributed by atoms with E-state index >= 15 is 0 Å². The number of aryl methyl sites for hydroxylation is 2. The normalized spacial score (nSPS) is 16.8. The van der Waals surface area contributed by atoms with Crippen molar-refractivity contribution in [1.82, 2.24) is 14.5 Å². The van der Waals surface area contributed by atoms with Crippen LogP contribution >= 0.6 is 0 Å². The van der Waals surface area contributed by atoms with Crippen LogP contribution in [0.1, 0.15) is 65.2 Å². The van der Waals surface area contributed by atoms with Crippen LogP contribution in [0.2, 0.25) is 0 Å². The Morgan fingerprint density at radius 2 is 2.07 bits per heavy atom. The number of furan rings is 1. The van der Waals surface area contributed by atoms with Gasteiger partial charge >= 0.3 is 5.97 Å². The maximum atomic E-state index is 13.2. The number of carboxylic acids is 1. The number of aromatic carboxylic acids is 1. The van der Waals surface area contributed by atoms with Gasteiger partial charge in [0, 0.05) is 25.6 Å². The van der Waals surface area contributed by atoms with Gasteiger partial charge in [-0.05, 0) is 31.9 Å². The maximum Gasteiger partial charge on any atom is 0.339 e. The number of rotatable bonds is 5. The average molecular weight is 381 g/mol. The summed E-state index contributed by atoms with van der Waals surface area (Å²) >= 11 is 0. The summed E-state index contributed by atoms with van der Waals surface area (Å²) in [5.74, 6) is -0.0761. The third-order valence-corrected chi connectivity index (χ3v) is 5.38. The molecule has 2 aromatic heterocycles. The zero-order valence-corrected chi connectivity index (χ0v) is 16.0. The first-order valence-corrected chi connectivity index (χ1v) is 9.67. The van der Waals surface area contributed by atoms with E-state index in [-0.39, 0.29) is 23.3 Å². The number of nitrogens with zero attached hydrogens (tertiary/aromatic N) is 3. The molecule has 1 fully saturated rings. The standard InChI is InChI=1S/C21H23N3O4/c1-3-17-13(21(26)27)12-18(28-17)20(25)24-11-7-10-16(24)19-22-14-8-5-6-9-15(14)23(19)4-2/h5-6,8-9,12,16H,3-4,7,10-11H2,1-2H3,(H,26,27). The van der Waals surface area contributed by atoms with Crippen LogP contribution in [0.4, 0.5) is 0 Å².